The van der Waals surface area contributed by atoms with Crippen molar-refractivity contribution >= 4 is 28.6 Å². The van der Waals surface area contributed by atoms with Crippen LogP contribution in [0.2, 0.25) is 0 Å². The van der Waals surface area contributed by atoms with Gasteiger partial charge in [0, 0.05) is 30.9 Å². The Hall–Kier alpha value is -1.81. The van der Waals surface area contributed by atoms with Crippen molar-refractivity contribution in [3.8, 4) is 0 Å². The third-order valence-electron chi connectivity index (χ3n) is 4.91. The van der Waals surface area contributed by atoms with Crippen molar-refractivity contribution in [3.05, 3.63) is 45.1 Å². The molecule has 0 fully saturated rings. The molecule has 0 spiro atoms. The largest absolute Gasteiger partial charge is 0.367 e. The Morgan fingerprint density at radius 2 is 1.81 bits per heavy atom. The number of fused-ring (bicyclic) bond motifs is 1. The Labute approximate surface area is 161 Å². The van der Waals surface area contributed by atoms with Crippen LogP contribution in [-0.2, 0) is 17.8 Å². The average Bonchev–Trinajstić information content (AvgIpc) is 2.86. The standard InChI is InChI=1S/C22H30N2OS/c1-15-9-19(24-8-6-7-17-13-26-14-18(17)12-24)10-16(2)21(15)23-20(25)11-22(3,4)5/h9-10,13-14H,6-8,11-12H2,1-5H3,(H,23,25). The molecule has 4 heteroatoms. The van der Waals surface area contributed by atoms with Gasteiger partial charge in [0.15, 0.2) is 0 Å². The van der Waals surface area contributed by atoms with E-state index in [1.54, 1.807) is 0 Å². The van der Waals surface area contributed by atoms with Crippen molar-refractivity contribution in [2.45, 2.75) is 60.4 Å². The van der Waals surface area contributed by atoms with Crippen LogP contribution in [0.15, 0.2) is 22.9 Å². The molecule has 1 N–H and O–H groups in total. The summed E-state index contributed by atoms with van der Waals surface area (Å²) in [7, 11) is 0. The summed E-state index contributed by atoms with van der Waals surface area (Å²) in [6.45, 7) is 12.5. The van der Waals surface area contributed by atoms with E-state index in [9.17, 15) is 4.79 Å². The third kappa shape index (κ3) is 4.47. The number of nitrogens with zero attached hydrogens (tertiary/aromatic N) is 1. The predicted octanol–water partition coefficient (Wildman–Crippen LogP) is 5.69. The van der Waals surface area contributed by atoms with E-state index < -0.39 is 0 Å². The topological polar surface area (TPSA) is 32.3 Å². The number of carbonyl (C=O) groups is 1. The van der Waals surface area contributed by atoms with E-state index in [1.807, 2.05) is 11.3 Å². The first-order valence-electron chi connectivity index (χ1n) is 9.43. The number of rotatable bonds is 3. The molecule has 0 unspecified atom stereocenters. The lowest BCUT2D eigenvalue weighted by molar-refractivity contribution is -0.117. The Kier molecular flexibility index (Phi) is 5.42. The second-order valence-corrected chi connectivity index (χ2v) is 9.43. The summed E-state index contributed by atoms with van der Waals surface area (Å²) in [5.74, 6) is 0.0918. The van der Waals surface area contributed by atoms with E-state index in [1.165, 1.54) is 29.7 Å². The highest BCUT2D eigenvalue weighted by molar-refractivity contribution is 7.08. The minimum Gasteiger partial charge on any atom is -0.367 e. The Balaban J connectivity index is 1.80. The van der Waals surface area contributed by atoms with Crippen LogP contribution in [0, 0.1) is 19.3 Å². The lowest BCUT2D eigenvalue weighted by atomic mass is 9.92. The van der Waals surface area contributed by atoms with Gasteiger partial charge in [0.1, 0.15) is 0 Å². The van der Waals surface area contributed by atoms with Crippen LogP contribution in [-0.4, -0.2) is 12.5 Å². The number of hydrogen-bond donors (Lipinski definition) is 1. The lowest BCUT2D eigenvalue weighted by Crippen LogP contribution is -2.23. The zero-order valence-corrected chi connectivity index (χ0v) is 17.4. The highest BCUT2D eigenvalue weighted by atomic mass is 32.1. The molecule has 1 aromatic carbocycles. The molecule has 0 bridgehead atoms. The van der Waals surface area contributed by atoms with Crippen molar-refractivity contribution in [3.63, 3.8) is 0 Å². The van der Waals surface area contributed by atoms with Crippen molar-refractivity contribution in [1.29, 1.82) is 0 Å². The highest BCUT2D eigenvalue weighted by Gasteiger charge is 2.19. The van der Waals surface area contributed by atoms with E-state index in [2.05, 4.69) is 67.7 Å². The summed E-state index contributed by atoms with van der Waals surface area (Å²) in [6, 6.07) is 4.44. The summed E-state index contributed by atoms with van der Waals surface area (Å²) in [6.07, 6.45) is 2.89. The molecule has 26 heavy (non-hydrogen) atoms. The molecule has 1 aliphatic heterocycles. The number of amides is 1. The second kappa shape index (κ2) is 7.43. The molecular formula is C22H30N2OS. The zero-order chi connectivity index (χ0) is 18.9. The molecule has 140 valence electrons. The number of hydrogen-bond acceptors (Lipinski definition) is 3. The van der Waals surface area contributed by atoms with Gasteiger partial charge in [-0.05, 0) is 77.3 Å². The van der Waals surface area contributed by atoms with Gasteiger partial charge in [0.2, 0.25) is 5.91 Å². The van der Waals surface area contributed by atoms with Crippen LogP contribution in [0.5, 0.6) is 0 Å². The molecule has 0 atom stereocenters. The van der Waals surface area contributed by atoms with Gasteiger partial charge in [0.05, 0.1) is 0 Å². The number of nitrogens with one attached hydrogen (secondary N) is 1. The van der Waals surface area contributed by atoms with Crippen molar-refractivity contribution in [2.75, 3.05) is 16.8 Å². The summed E-state index contributed by atoms with van der Waals surface area (Å²) >= 11 is 1.81. The maximum absolute atomic E-state index is 12.4. The molecule has 0 aliphatic carbocycles. The van der Waals surface area contributed by atoms with Gasteiger partial charge in [0.25, 0.3) is 0 Å². The van der Waals surface area contributed by atoms with Crippen LogP contribution in [0.1, 0.15) is 55.9 Å². The van der Waals surface area contributed by atoms with Crippen molar-refractivity contribution < 1.29 is 4.79 Å². The zero-order valence-electron chi connectivity index (χ0n) is 16.6. The molecule has 0 saturated carbocycles. The van der Waals surface area contributed by atoms with Gasteiger partial charge in [-0.15, -0.1) is 0 Å². The van der Waals surface area contributed by atoms with E-state index in [0.29, 0.717) is 6.42 Å². The maximum atomic E-state index is 12.4. The van der Waals surface area contributed by atoms with Crippen molar-refractivity contribution in [1.82, 2.24) is 0 Å². The quantitative estimate of drug-likeness (QED) is 0.752. The fraction of sp³-hybridized carbons (Fsp3) is 0.500. The molecule has 0 radical (unpaired) electrons. The third-order valence-corrected chi connectivity index (χ3v) is 5.75. The Morgan fingerprint density at radius 3 is 2.46 bits per heavy atom. The minimum absolute atomic E-state index is 0.00384. The predicted molar refractivity (Wildman–Crippen MR) is 112 cm³/mol. The number of aryl methyl sites for hydroxylation is 3. The first kappa shape index (κ1) is 19.0. The maximum Gasteiger partial charge on any atom is 0.224 e. The number of anilines is 2. The molecule has 0 saturated heterocycles. The summed E-state index contributed by atoms with van der Waals surface area (Å²) < 4.78 is 0. The van der Waals surface area contributed by atoms with Gasteiger partial charge in [-0.2, -0.15) is 11.3 Å². The molecule has 1 aromatic heterocycles. The van der Waals surface area contributed by atoms with E-state index in [4.69, 9.17) is 0 Å². The molecule has 3 rings (SSSR count). The van der Waals surface area contributed by atoms with Gasteiger partial charge in [-0.3, -0.25) is 4.79 Å². The summed E-state index contributed by atoms with van der Waals surface area (Å²) in [4.78, 5) is 14.8. The Bertz CT molecular complexity index is 778. The lowest BCUT2D eigenvalue weighted by Gasteiger charge is -2.25. The first-order valence-corrected chi connectivity index (χ1v) is 10.4. The molecule has 3 nitrogen and oxygen atoms in total. The number of carbonyl (C=O) groups excluding carboxylic acids is 1. The fourth-order valence-electron chi connectivity index (χ4n) is 3.66. The highest BCUT2D eigenvalue weighted by Crippen LogP contribution is 2.31. The van der Waals surface area contributed by atoms with Crippen LogP contribution >= 0.6 is 11.3 Å². The molecule has 1 aliphatic rings. The van der Waals surface area contributed by atoms with Crippen LogP contribution in [0.3, 0.4) is 0 Å². The van der Waals surface area contributed by atoms with Crippen molar-refractivity contribution in [2.24, 2.45) is 5.41 Å². The van der Waals surface area contributed by atoms with E-state index >= 15 is 0 Å². The van der Waals surface area contributed by atoms with E-state index in [-0.39, 0.29) is 11.3 Å². The molecule has 2 heterocycles. The summed E-state index contributed by atoms with van der Waals surface area (Å²) in [5, 5.41) is 7.71. The monoisotopic (exact) mass is 370 g/mol. The average molecular weight is 371 g/mol. The number of thiophene rings is 1. The Morgan fingerprint density at radius 1 is 1.15 bits per heavy atom. The molecule has 2 aromatic rings. The van der Waals surface area contributed by atoms with Crippen LogP contribution in [0.4, 0.5) is 11.4 Å². The normalized spacial score (nSPS) is 14.7. The fourth-order valence-corrected chi connectivity index (χ4v) is 4.55. The van der Waals surface area contributed by atoms with Gasteiger partial charge >= 0.3 is 0 Å². The van der Waals surface area contributed by atoms with Crippen LogP contribution in [0.25, 0.3) is 0 Å². The molecular weight excluding hydrogens is 340 g/mol. The summed E-state index contributed by atoms with van der Waals surface area (Å²) in [5.41, 5.74) is 7.47. The smallest absolute Gasteiger partial charge is 0.224 e. The molecule has 1 amide bonds. The second-order valence-electron chi connectivity index (χ2n) is 8.69. The first-order chi connectivity index (χ1) is 12.2. The van der Waals surface area contributed by atoms with Gasteiger partial charge in [-0.1, -0.05) is 20.8 Å². The minimum atomic E-state index is -0.00384. The SMILES string of the molecule is Cc1cc(N2CCCc3cscc3C2)cc(C)c1NC(=O)CC(C)(C)C. The van der Waals surface area contributed by atoms with Gasteiger partial charge in [-0.25, -0.2) is 0 Å². The van der Waals surface area contributed by atoms with E-state index in [0.717, 1.165) is 29.9 Å². The van der Waals surface area contributed by atoms with Crippen LogP contribution < -0.4 is 10.2 Å². The van der Waals surface area contributed by atoms with Gasteiger partial charge < -0.3 is 10.2 Å². The number of benzene rings is 1.